The zero-order valence-corrected chi connectivity index (χ0v) is 15.2. The molecule has 1 atom stereocenters. The molecule has 7 nitrogen and oxygen atoms in total. The Labute approximate surface area is 153 Å². The average molecular weight is 358 g/mol. The molecule has 2 fully saturated rings. The van der Waals surface area contributed by atoms with Gasteiger partial charge in [0.1, 0.15) is 0 Å². The maximum atomic E-state index is 12.2. The summed E-state index contributed by atoms with van der Waals surface area (Å²) in [6.45, 7) is 4.51. The first kappa shape index (κ1) is 18.2. The number of hydrogen-bond donors (Lipinski definition) is 2. The molecule has 2 heterocycles. The Bertz CT molecular complexity index is 674. The van der Waals surface area contributed by atoms with Crippen molar-refractivity contribution in [3.63, 3.8) is 0 Å². The highest BCUT2D eigenvalue weighted by atomic mass is 16.2. The Morgan fingerprint density at radius 2 is 1.96 bits per heavy atom. The van der Waals surface area contributed by atoms with Gasteiger partial charge in [-0.15, -0.1) is 0 Å². The number of aryl methyl sites for hydroxylation is 1. The molecule has 0 saturated carbocycles. The molecule has 1 unspecified atom stereocenters. The number of hydrogen-bond acceptors (Lipinski definition) is 3. The van der Waals surface area contributed by atoms with Gasteiger partial charge in [-0.3, -0.25) is 9.59 Å². The van der Waals surface area contributed by atoms with Crippen molar-refractivity contribution >= 4 is 23.5 Å². The fraction of sp³-hybridized carbons (Fsp3) is 0.526. The van der Waals surface area contributed by atoms with E-state index in [2.05, 4.69) is 10.6 Å². The maximum Gasteiger partial charge on any atom is 0.315 e. The standard InChI is InChI=1S/C19H26N4O3/c1-14-5-7-16(8-6-14)23-13-15(12-18(23)25)21-19(26)20-9-3-11-22-10-2-4-17(22)24/h5-8,15H,2-4,9-13H2,1H3,(H2,20,21,26). The highest BCUT2D eigenvalue weighted by Gasteiger charge is 2.31. The van der Waals surface area contributed by atoms with Crippen LogP contribution in [-0.4, -0.2) is 55.0 Å². The first-order chi connectivity index (χ1) is 12.5. The summed E-state index contributed by atoms with van der Waals surface area (Å²) >= 11 is 0. The molecule has 0 bridgehead atoms. The van der Waals surface area contributed by atoms with Gasteiger partial charge in [0.15, 0.2) is 0 Å². The number of nitrogens with one attached hydrogen (secondary N) is 2. The Hall–Kier alpha value is -2.57. The number of likely N-dealkylation sites (tertiary alicyclic amines) is 1. The summed E-state index contributed by atoms with van der Waals surface area (Å²) in [5.74, 6) is 0.224. The van der Waals surface area contributed by atoms with Crippen LogP contribution in [-0.2, 0) is 9.59 Å². The predicted octanol–water partition coefficient (Wildman–Crippen LogP) is 1.41. The van der Waals surface area contributed by atoms with E-state index in [9.17, 15) is 14.4 Å². The lowest BCUT2D eigenvalue weighted by atomic mass is 10.2. The fourth-order valence-electron chi connectivity index (χ4n) is 3.43. The minimum atomic E-state index is -0.263. The van der Waals surface area contributed by atoms with Gasteiger partial charge in [-0.2, -0.15) is 0 Å². The van der Waals surface area contributed by atoms with Crippen molar-refractivity contribution in [1.29, 1.82) is 0 Å². The van der Waals surface area contributed by atoms with E-state index in [0.29, 0.717) is 32.5 Å². The molecule has 0 spiro atoms. The van der Waals surface area contributed by atoms with Crippen LogP contribution in [0.2, 0.25) is 0 Å². The second-order valence-electron chi connectivity index (χ2n) is 6.98. The van der Waals surface area contributed by atoms with E-state index in [0.717, 1.165) is 30.6 Å². The smallest absolute Gasteiger partial charge is 0.315 e. The van der Waals surface area contributed by atoms with Gasteiger partial charge in [-0.05, 0) is 31.9 Å². The summed E-state index contributed by atoms with van der Waals surface area (Å²) in [6.07, 6.45) is 2.61. The number of carbonyl (C=O) groups excluding carboxylic acids is 3. The van der Waals surface area contributed by atoms with Crippen LogP contribution >= 0.6 is 0 Å². The molecular formula is C19H26N4O3. The van der Waals surface area contributed by atoms with E-state index in [1.165, 1.54) is 0 Å². The first-order valence-electron chi connectivity index (χ1n) is 9.22. The number of urea groups is 1. The molecule has 2 aliphatic heterocycles. The van der Waals surface area contributed by atoms with E-state index in [4.69, 9.17) is 0 Å². The Morgan fingerprint density at radius 1 is 1.19 bits per heavy atom. The third-order valence-electron chi connectivity index (χ3n) is 4.87. The van der Waals surface area contributed by atoms with E-state index in [1.807, 2.05) is 36.1 Å². The molecule has 1 aromatic rings. The Balaban J connectivity index is 1.38. The normalized spacial score (nSPS) is 20.0. The van der Waals surface area contributed by atoms with E-state index < -0.39 is 0 Å². The molecule has 4 amide bonds. The molecule has 0 aliphatic carbocycles. The van der Waals surface area contributed by atoms with Crippen LogP contribution in [0.5, 0.6) is 0 Å². The summed E-state index contributed by atoms with van der Waals surface area (Å²) in [5.41, 5.74) is 2.01. The number of carbonyl (C=O) groups is 3. The van der Waals surface area contributed by atoms with Crippen LogP contribution in [0.4, 0.5) is 10.5 Å². The van der Waals surface area contributed by atoms with Crippen LogP contribution < -0.4 is 15.5 Å². The highest BCUT2D eigenvalue weighted by Crippen LogP contribution is 2.21. The van der Waals surface area contributed by atoms with Crippen molar-refractivity contribution in [2.24, 2.45) is 0 Å². The van der Waals surface area contributed by atoms with Gasteiger partial charge < -0.3 is 20.4 Å². The minimum Gasteiger partial charge on any atom is -0.343 e. The van der Waals surface area contributed by atoms with Crippen molar-refractivity contribution in [3.8, 4) is 0 Å². The molecule has 1 aromatic carbocycles. The molecule has 140 valence electrons. The van der Waals surface area contributed by atoms with Crippen molar-refractivity contribution in [3.05, 3.63) is 29.8 Å². The summed E-state index contributed by atoms with van der Waals surface area (Å²) in [7, 11) is 0. The number of nitrogens with zero attached hydrogens (tertiary/aromatic N) is 2. The zero-order valence-electron chi connectivity index (χ0n) is 15.2. The van der Waals surface area contributed by atoms with Gasteiger partial charge >= 0.3 is 6.03 Å². The monoisotopic (exact) mass is 358 g/mol. The predicted molar refractivity (Wildman–Crippen MR) is 98.9 cm³/mol. The van der Waals surface area contributed by atoms with Crippen LogP contribution in [0, 0.1) is 6.92 Å². The molecule has 3 rings (SSSR count). The maximum absolute atomic E-state index is 12.2. The Kier molecular flexibility index (Phi) is 5.75. The molecule has 0 radical (unpaired) electrons. The third kappa shape index (κ3) is 4.53. The highest BCUT2D eigenvalue weighted by molar-refractivity contribution is 5.96. The van der Waals surface area contributed by atoms with Gasteiger partial charge in [0.2, 0.25) is 11.8 Å². The third-order valence-corrected chi connectivity index (χ3v) is 4.87. The number of amides is 4. The fourth-order valence-corrected chi connectivity index (χ4v) is 3.43. The second-order valence-corrected chi connectivity index (χ2v) is 6.98. The summed E-state index contributed by atoms with van der Waals surface area (Å²) in [4.78, 5) is 39.3. The van der Waals surface area contributed by atoms with Gasteiger partial charge in [-0.1, -0.05) is 17.7 Å². The first-order valence-corrected chi connectivity index (χ1v) is 9.22. The lowest BCUT2D eigenvalue weighted by molar-refractivity contribution is -0.127. The lowest BCUT2D eigenvalue weighted by Crippen LogP contribution is -2.44. The van der Waals surface area contributed by atoms with Crippen LogP contribution in [0.3, 0.4) is 0 Å². The number of benzene rings is 1. The van der Waals surface area contributed by atoms with Gasteiger partial charge in [0, 0.05) is 44.7 Å². The van der Waals surface area contributed by atoms with E-state index >= 15 is 0 Å². The second kappa shape index (κ2) is 8.21. The van der Waals surface area contributed by atoms with Crippen molar-refractivity contribution in [1.82, 2.24) is 15.5 Å². The average Bonchev–Trinajstić information content (AvgIpc) is 3.18. The van der Waals surface area contributed by atoms with Crippen LogP contribution in [0.1, 0.15) is 31.2 Å². The summed E-state index contributed by atoms with van der Waals surface area (Å²) in [5, 5.41) is 5.67. The minimum absolute atomic E-state index is 0.0201. The molecule has 26 heavy (non-hydrogen) atoms. The molecule has 7 heteroatoms. The van der Waals surface area contributed by atoms with Crippen molar-refractivity contribution in [2.75, 3.05) is 31.1 Å². The molecule has 2 saturated heterocycles. The molecule has 2 N–H and O–H groups in total. The molecule has 2 aliphatic rings. The van der Waals surface area contributed by atoms with Gasteiger partial charge in [-0.25, -0.2) is 4.79 Å². The SMILES string of the molecule is Cc1ccc(N2CC(NC(=O)NCCCN3CCCC3=O)CC2=O)cc1. The molecular weight excluding hydrogens is 332 g/mol. The van der Waals surface area contributed by atoms with Crippen LogP contribution in [0.25, 0.3) is 0 Å². The van der Waals surface area contributed by atoms with Crippen LogP contribution in [0.15, 0.2) is 24.3 Å². The summed E-state index contributed by atoms with van der Waals surface area (Å²) in [6, 6.07) is 7.35. The van der Waals surface area contributed by atoms with Crippen molar-refractivity contribution < 1.29 is 14.4 Å². The largest absolute Gasteiger partial charge is 0.343 e. The topological polar surface area (TPSA) is 81.8 Å². The van der Waals surface area contributed by atoms with E-state index in [1.54, 1.807) is 4.90 Å². The van der Waals surface area contributed by atoms with Crippen molar-refractivity contribution in [2.45, 2.75) is 38.6 Å². The zero-order chi connectivity index (χ0) is 18.5. The number of anilines is 1. The quantitative estimate of drug-likeness (QED) is 0.755. The van der Waals surface area contributed by atoms with E-state index in [-0.39, 0.29) is 23.9 Å². The Morgan fingerprint density at radius 3 is 2.65 bits per heavy atom. The lowest BCUT2D eigenvalue weighted by Gasteiger charge is -2.18. The van der Waals surface area contributed by atoms with Gasteiger partial charge in [0.25, 0.3) is 0 Å². The van der Waals surface area contributed by atoms with Gasteiger partial charge in [0.05, 0.1) is 6.04 Å². The molecule has 0 aromatic heterocycles. The summed E-state index contributed by atoms with van der Waals surface area (Å²) < 4.78 is 0. The number of rotatable bonds is 6.